The van der Waals surface area contributed by atoms with Crippen molar-refractivity contribution in [3.63, 3.8) is 0 Å². The zero-order valence-electron chi connectivity index (χ0n) is 23.1. The number of imidazole rings is 1. The van der Waals surface area contributed by atoms with Crippen LogP contribution in [0.3, 0.4) is 0 Å². The molecule has 2 amide bonds. The lowest BCUT2D eigenvalue weighted by Crippen LogP contribution is -2.52. The first-order chi connectivity index (χ1) is 18.9. The highest BCUT2D eigenvalue weighted by molar-refractivity contribution is 5.88. The first-order valence-corrected chi connectivity index (χ1v) is 13.6. The molecule has 0 spiro atoms. The summed E-state index contributed by atoms with van der Waals surface area (Å²) in [5.74, 6) is 1.77. The van der Waals surface area contributed by atoms with Gasteiger partial charge in [-0.3, -0.25) is 14.5 Å². The lowest BCUT2D eigenvalue weighted by atomic mass is 10.0. The Balaban J connectivity index is 1.57. The Hall–Kier alpha value is -3.85. The number of carbonyl (C=O) groups excluding carboxylic acids is 2. The minimum atomic E-state index is -0.598. The van der Waals surface area contributed by atoms with Crippen LogP contribution in [0.15, 0.2) is 60.9 Å². The fourth-order valence-electron chi connectivity index (χ4n) is 4.73. The Bertz CT molecular complexity index is 1230. The number of methoxy groups -OCH3 is 1. The van der Waals surface area contributed by atoms with Crippen LogP contribution in [0.4, 0.5) is 0 Å². The Morgan fingerprint density at radius 2 is 1.92 bits per heavy atom. The summed E-state index contributed by atoms with van der Waals surface area (Å²) in [5, 5.41) is 5.98. The normalized spacial score (nSPS) is 18.1. The average molecular weight is 534 g/mol. The largest absolute Gasteiger partial charge is 0.493 e. The SMILES string of the molecule is COc1ccc2cc1OCCCN(Cc1ccccc1)CC(=O)N[C@H](C(C)C)C(=O)NCCCn1ccnc1-2. The van der Waals surface area contributed by atoms with Crippen LogP contribution >= 0.6 is 0 Å². The van der Waals surface area contributed by atoms with Crippen molar-refractivity contribution in [3.05, 3.63) is 66.5 Å². The van der Waals surface area contributed by atoms with Gasteiger partial charge >= 0.3 is 0 Å². The molecule has 2 aromatic carbocycles. The molecular weight excluding hydrogens is 494 g/mol. The van der Waals surface area contributed by atoms with Gasteiger partial charge in [-0.1, -0.05) is 44.2 Å². The van der Waals surface area contributed by atoms with Gasteiger partial charge in [0.15, 0.2) is 11.5 Å². The van der Waals surface area contributed by atoms with E-state index in [-0.39, 0.29) is 24.3 Å². The Kier molecular flexibility index (Phi) is 9.97. The smallest absolute Gasteiger partial charge is 0.242 e. The number of hydrogen-bond donors (Lipinski definition) is 2. The molecule has 4 rings (SSSR count). The number of hydrogen-bond acceptors (Lipinski definition) is 6. The van der Waals surface area contributed by atoms with E-state index in [0.29, 0.717) is 50.7 Å². The molecule has 39 heavy (non-hydrogen) atoms. The number of aryl methyl sites for hydroxylation is 1. The first-order valence-electron chi connectivity index (χ1n) is 13.6. The summed E-state index contributed by atoms with van der Waals surface area (Å²) in [6, 6.07) is 15.3. The molecule has 0 fully saturated rings. The molecule has 1 aromatic heterocycles. The minimum Gasteiger partial charge on any atom is -0.493 e. The number of aromatic nitrogens is 2. The summed E-state index contributed by atoms with van der Waals surface area (Å²) in [7, 11) is 1.63. The van der Waals surface area contributed by atoms with E-state index in [0.717, 1.165) is 23.4 Å². The third-order valence-corrected chi connectivity index (χ3v) is 6.77. The van der Waals surface area contributed by atoms with Crippen molar-refractivity contribution in [2.75, 3.05) is 33.4 Å². The van der Waals surface area contributed by atoms with Crippen molar-refractivity contribution in [3.8, 4) is 22.9 Å². The van der Waals surface area contributed by atoms with Gasteiger partial charge in [0.2, 0.25) is 11.8 Å². The maximum Gasteiger partial charge on any atom is 0.242 e. The Labute approximate surface area is 230 Å². The molecule has 9 heteroatoms. The second-order valence-corrected chi connectivity index (χ2v) is 10.1. The van der Waals surface area contributed by atoms with Gasteiger partial charge in [-0.25, -0.2) is 4.98 Å². The minimum absolute atomic E-state index is 0.0411. The molecule has 2 heterocycles. The van der Waals surface area contributed by atoms with Gasteiger partial charge in [0, 0.05) is 44.1 Å². The highest BCUT2D eigenvalue weighted by Crippen LogP contribution is 2.32. The molecule has 1 aliphatic heterocycles. The number of amides is 2. The Morgan fingerprint density at radius 1 is 1.10 bits per heavy atom. The van der Waals surface area contributed by atoms with E-state index in [1.165, 1.54) is 0 Å². The highest BCUT2D eigenvalue weighted by atomic mass is 16.5. The molecule has 0 saturated carbocycles. The molecule has 2 N–H and O–H groups in total. The number of carbonyl (C=O) groups is 2. The van der Waals surface area contributed by atoms with Crippen LogP contribution in [-0.2, 0) is 22.7 Å². The van der Waals surface area contributed by atoms with Gasteiger partial charge in [0.25, 0.3) is 0 Å². The molecule has 2 bridgehead atoms. The van der Waals surface area contributed by atoms with Crippen molar-refractivity contribution in [1.29, 1.82) is 0 Å². The summed E-state index contributed by atoms with van der Waals surface area (Å²) in [6.07, 6.45) is 5.13. The van der Waals surface area contributed by atoms with Crippen LogP contribution in [0.5, 0.6) is 11.5 Å². The maximum absolute atomic E-state index is 13.1. The van der Waals surface area contributed by atoms with Crippen molar-refractivity contribution >= 4 is 11.8 Å². The summed E-state index contributed by atoms with van der Waals surface area (Å²) in [5.41, 5.74) is 2.05. The summed E-state index contributed by atoms with van der Waals surface area (Å²) in [4.78, 5) is 32.7. The van der Waals surface area contributed by atoms with E-state index in [4.69, 9.17) is 9.47 Å². The number of benzene rings is 2. The van der Waals surface area contributed by atoms with Crippen molar-refractivity contribution in [2.45, 2.75) is 45.8 Å². The molecule has 208 valence electrons. The summed E-state index contributed by atoms with van der Waals surface area (Å²) >= 11 is 0. The van der Waals surface area contributed by atoms with E-state index in [9.17, 15) is 9.59 Å². The number of nitrogens with one attached hydrogen (secondary N) is 2. The van der Waals surface area contributed by atoms with Gasteiger partial charge in [-0.05, 0) is 42.5 Å². The van der Waals surface area contributed by atoms with E-state index in [1.54, 1.807) is 13.3 Å². The highest BCUT2D eigenvalue weighted by Gasteiger charge is 2.25. The van der Waals surface area contributed by atoms with Crippen LogP contribution in [-0.4, -0.2) is 65.7 Å². The van der Waals surface area contributed by atoms with E-state index >= 15 is 0 Å². The van der Waals surface area contributed by atoms with E-state index < -0.39 is 6.04 Å². The van der Waals surface area contributed by atoms with Crippen molar-refractivity contribution in [1.82, 2.24) is 25.1 Å². The van der Waals surface area contributed by atoms with Gasteiger partial charge < -0.3 is 24.7 Å². The lowest BCUT2D eigenvalue weighted by molar-refractivity contribution is -0.130. The molecular formula is C30H39N5O4. The number of fused-ring (bicyclic) bond motifs is 4. The van der Waals surface area contributed by atoms with Crippen LogP contribution < -0.4 is 20.1 Å². The molecule has 1 aliphatic rings. The number of ether oxygens (including phenoxy) is 2. The molecule has 0 aliphatic carbocycles. The van der Waals surface area contributed by atoms with Gasteiger partial charge in [-0.15, -0.1) is 0 Å². The monoisotopic (exact) mass is 533 g/mol. The molecule has 0 saturated heterocycles. The molecule has 0 radical (unpaired) electrons. The predicted molar refractivity (Wildman–Crippen MR) is 150 cm³/mol. The van der Waals surface area contributed by atoms with Crippen LogP contribution in [0, 0.1) is 5.92 Å². The first kappa shape index (κ1) is 28.2. The fraction of sp³-hybridized carbons (Fsp3) is 0.433. The summed E-state index contributed by atoms with van der Waals surface area (Å²) in [6.45, 7) is 6.97. The number of rotatable bonds is 4. The fourth-order valence-corrected chi connectivity index (χ4v) is 4.73. The quantitative estimate of drug-likeness (QED) is 0.533. The van der Waals surface area contributed by atoms with Crippen molar-refractivity contribution < 1.29 is 19.1 Å². The maximum atomic E-state index is 13.1. The third kappa shape index (κ3) is 7.83. The van der Waals surface area contributed by atoms with Crippen LogP contribution in [0.1, 0.15) is 32.3 Å². The topological polar surface area (TPSA) is 97.7 Å². The third-order valence-electron chi connectivity index (χ3n) is 6.77. The van der Waals surface area contributed by atoms with Crippen molar-refractivity contribution in [2.24, 2.45) is 5.92 Å². The standard InChI is InChI=1S/C30H39N5O4/c1-22(2)28-30(37)32-13-7-16-35-17-14-31-29(35)24-11-12-25(38-3)26(19-24)39-18-8-15-34(21-27(36)33-28)20-23-9-5-4-6-10-23/h4-6,9-12,14,17,19,22,28H,7-8,13,15-16,18,20-21H2,1-3H3,(H,32,37)(H,33,36)/t28-/m1/s1. The van der Waals surface area contributed by atoms with E-state index in [2.05, 4.69) is 25.1 Å². The summed E-state index contributed by atoms with van der Waals surface area (Å²) < 4.78 is 13.8. The van der Waals surface area contributed by atoms with Crippen LogP contribution in [0.2, 0.25) is 0 Å². The van der Waals surface area contributed by atoms with Gasteiger partial charge in [0.05, 0.1) is 20.3 Å². The molecule has 0 unspecified atom stereocenters. The van der Waals surface area contributed by atoms with Gasteiger partial charge in [0.1, 0.15) is 11.9 Å². The lowest BCUT2D eigenvalue weighted by Gasteiger charge is -2.25. The number of nitrogens with zero attached hydrogens (tertiary/aromatic N) is 3. The zero-order chi connectivity index (χ0) is 27.6. The molecule has 9 nitrogen and oxygen atoms in total. The van der Waals surface area contributed by atoms with Crippen LogP contribution in [0.25, 0.3) is 11.4 Å². The predicted octanol–water partition coefficient (Wildman–Crippen LogP) is 3.49. The molecule has 3 aromatic rings. The zero-order valence-corrected chi connectivity index (χ0v) is 23.1. The molecule has 1 atom stereocenters. The second-order valence-electron chi connectivity index (χ2n) is 10.1. The average Bonchev–Trinajstić information content (AvgIpc) is 3.40. The Morgan fingerprint density at radius 3 is 2.69 bits per heavy atom. The second kappa shape index (κ2) is 13.8. The van der Waals surface area contributed by atoms with E-state index in [1.807, 2.05) is 68.6 Å². The van der Waals surface area contributed by atoms with Gasteiger partial charge in [-0.2, -0.15) is 0 Å².